The summed E-state index contributed by atoms with van der Waals surface area (Å²) in [6.07, 6.45) is 0. The van der Waals surface area contributed by atoms with E-state index in [1.54, 1.807) is 7.11 Å². The van der Waals surface area contributed by atoms with Crippen LogP contribution in [0.4, 0.5) is 17.1 Å². The number of hydrogen-bond donors (Lipinski definition) is 2. The van der Waals surface area contributed by atoms with Crippen LogP contribution in [0.3, 0.4) is 0 Å². The number of benzene rings is 2. The number of para-hydroxylation sites is 1. The van der Waals surface area contributed by atoms with Crippen molar-refractivity contribution in [2.45, 2.75) is 0 Å². The van der Waals surface area contributed by atoms with Gasteiger partial charge in [-0.2, -0.15) is 0 Å². The number of hydrogen-bond acceptors (Lipinski definition) is 3. The molecule has 0 amide bonds. The van der Waals surface area contributed by atoms with Crippen molar-refractivity contribution in [2.24, 2.45) is 0 Å². The molecule has 3 heteroatoms. The number of nitrogen functional groups attached to an aromatic ring is 1. The molecule has 0 saturated carbocycles. The predicted octanol–water partition coefficient (Wildman–Crippen LogP) is 3.02. The van der Waals surface area contributed by atoms with Gasteiger partial charge in [0.25, 0.3) is 0 Å². The maximum Gasteiger partial charge on any atom is 0.141 e. The molecule has 0 saturated heterocycles. The van der Waals surface area contributed by atoms with Crippen molar-refractivity contribution >= 4 is 17.1 Å². The Labute approximate surface area is 94.9 Å². The molecule has 3 N–H and O–H groups in total. The smallest absolute Gasteiger partial charge is 0.141 e. The van der Waals surface area contributed by atoms with Gasteiger partial charge >= 0.3 is 0 Å². The molecule has 2 aromatic carbocycles. The molecule has 0 aliphatic rings. The molecule has 82 valence electrons. The second kappa shape index (κ2) is 4.57. The number of nitrogens with two attached hydrogens (primary N) is 1. The standard InChI is InChI=1S/C13H14N2O/c1-16-13-8-7-11(9-12(13)14)15-10-5-3-2-4-6-10/h2-9,15H,14H2,1H3. The lowest BCUT2D eigenvalue weighted by atomic mass is 10.2. The average molecular weight is 214 g/mol. The molecule has 3 nitrogen and oxygen atoms in total. The van der Waals surface area contributed by atoms with E-state index in [0.717, 1.165) is 11.4 Å². The maximum absolute atomic E-state index is 5.82. The van der Waals surface area contributed by atoms with Crippen LogP contribution < -0.4 is 15.8 Å². The number of nitrogens with one attached hydrogen (secondary N) is 1. The first kappa shape index (κ1) is 10.4. The molecule has 0 unspecified atom stereocenters. The van der Waals surface area contributed by atoms with Gasteiger partial charge in [0.1, 0.15) is 5.75 Å². The third kappa shape index (κ3) is 2.25. The molecular formula is C13H14N2O. The van der Waals surface area contributed by atoms with E-state index >= 15 is 0 Å². The van der Waals surface area contributed by atoms with Gasteiger partial charge in [0, 0.05) is 11.4 Å². The Balaban J connectivity index is 2.20. The van der Waals surface area contributed by atoms with Crippen molar-refractivity contribution in [2.75, 3.05) is 18.2 Å². The second-order valence-corrected chi connectivity index (χ2v) is 3.45. The Morgan fingerprint density at radius 3 is 2.38 bits per heavy atom. The summed E-state index contributed by atoms with van der Waals surface area (Å²) in [4.78, 5) is 0. The van der Waals surface area contributed by atoms with Gasteiger partial charge in [0.2, 0.25) is 0 Å². The Morgan fingerprint density at radius 1 is 1.00 bits per heavy atom. The number of rotatable bonds is 3. The molecule has 0 aromatic heterocycles. The summed E-state index contributed by atoms with van der Waals surface area (Å²) in [7, 11) is 1.61. The predicted molar refractivity (Wildman–Crippen MR) is 67.1 cm³/mol. The molecule has 0 aliphatic carbocycles. The SMILES string of the molecule is COc1ccc(Nc2ccccc2)cc1N. The van der Waals surface area contributed by atoms with Gasteiger partial charge < -0.3 is 15.8 Å². The van der Waals surface area contributed by atoms with Gasteiger partial charge in [-0.3, -0.25) is 0 Å². The van der Waals surface area contributed by atoms with Gasteiger partial charge in [-0.15, -0.1) is 0 Å². The van der Waals surface area contributed by atoms with Gasteiger partial charge in [0.15, 0.2) is 0 Å². The summed E-state index contributed by atoms with van der Waals surface area (Å²) >= 11 is 0. The van der Waals surface area contributed by atoms with E-state index in [0.29, 0.717) is 11.4 Å². The zero-order valence-corrected chi connectivity index (χ0v) is 9.10. The average Bonchev–Trinajstić information content (AvgIpc) is 2.31. The second-order valence-electron chi connectivity index (χ2n) is 3.45. The highest BCUT2D eigenvalue weighted by Crippen LogP contribution is 2.26. The molecule has 0 bridgehead atoms. The minimum Gasteiger partial charge on any atom is -0.495 e. The zero-order valence-electron chi connectivity index (χ0n) is 9.10. The fourth-order valence-corrected chi connectivity index (χ4v) is 1.50. The molecule has 0 atom stereocenters. The van der Waals surface area contributed by atoms with Crippen LogP contribution in [0, 0.1) is 0 Å². The van der Waals surface area contributed by atoms with Gasteiger partial charge in [-0.25, -0.2) is 0 Å². The van der Waals surface area contributed by atoms with E-state index in [-0.39, 0.29) is 0 Å². The van der Waals surface area contributed by atoms with Crippen molar-refractivity contribution in [1.29, 1.82) is 0 Å². The van der Waals surface area contributed by atoms with Crippen LogP contribution in [0.1, 0.15) is 0 Å². The lowest BCUT2D eigenvalue weighted by Crippen LogP contribution is -1.95. The van der Waals surface area contributed by atoms with Crippen LogP contribution in [-0.4, -0.2) is 7.11 Å². The van der Waals surface area contributed by atoms with Crippen molar-refractivity contribution in [3.05, 3.63) is 48.5 Å². The van der Waals surface area contributed by atoms with E-state index in [1.165, 1.54) is 0 Å². The molecule has 2 aromatic rings. The van der Waals surface area contributed by atoms with Gasteiger partial charge in [-0.05, 0) is 30.3 Å². The van der Waals surface area contributed by atoms with Crippen LogP contribution in [0.25, 0.3) is 0 Å². The van der Waals surface area contributed by atoms with E-state index in [4.69, 9.17) is 10.5 Å². The molecule has 0 radical (unpaired) electrons. The van der Waals surface area contributed by atoms with E-state index in [2.05, 4.69) is 5.32 Å². The fraction of sp³-hybridized carbons (Fsp3) is 0.0769. The summed E-state index contributed by atoms with van der Waals surface area (Å²) in [5.41, 5.74) is 8.43. The summed E-state index contributed by atoms with van der Waals surface area (Å²) in [5, 5.41) is 3.26. The van der Waals surface area contributed by atoms with E-state index in [1.807, 2.05) is 48.5 Å². The molecular weight excluding hydrogens is 200 g/mol. The third-order valence-electron chi connectivity index (χ3n) is 2.29. The third-order valence-corrected chi connectivity index (χ3v) is 2.29. The van der Waals surface area contributed by atoms with Crippen LogP contribution in [-0.2, 0) is 0 Å². The number of methoxy groups -OCH3 is 1. The Morgan fingerprint density at radius 2 is 1.75 bits per heavy atom. The summed E-state index contributed by atoms with van der Waals surface area (Å²) in [5.74, 6) is 0.693. The van der Waals surface area contributed by atoms with Gasteiger partial charge in [-0.1, -0.05) is 18.2 Å². The van der Waals surface area contributed by atoms with Crippen molar-refractivity contribution in [1.82, 2.24) is 0 Å². The fourth-order valence-electron chi connectivity index (χ4n) is 1.50. The van der Waals surface area contributed by atoms with E-state index in [9.17, 15) is 0 Å². The van der Waals surface area contributed by atoms with Crippen LogP contribution in [0.15, 0.2) is 48.5 Å². The van der Waals surface area contributed by atoms with Gasteiger partial charge in [0.05, 0.1) is 12.8 Å². The van der Waals surface area contributed by atoms with Crippen molar-refractivity contribution in [3.63, 3.8) is 0 Å². The first-order chi connectivity index (χ1) is 7.79. The highest BCUT2D eigenvalue weighted by molar-refractivity contribution is 5.67. The molecule has 16 heavy (non-hydrogen) atoms. The Kier molecular flexibility index (Phi) is 2.96. The van der Waals surface area contributed by atoms with Crippen LogP contribution in [0.5, 0.6) is 5.75 Å². The summed E-state index contributed by atoms with van der Waals surface area (Å²) in [6, 6.07) is 15.6. The maximum atomic E-state index is 5.82. The summed E-state index contributed by atoms with van der Waals surface area (Å²) in [6.45, 7) is 0. The minimum absolute atomic E-state index is 0.628. The lowest BCUT2D eigenvalue weighted by Gasteiger charge is -2.09. The Hall–Kier alpha value is -2.16. The van der Waals surface area contributed by atoms with Crippen LogP contribution in [0.2, 0.25) is 0 Å². The lowest BCUT2D eigenvalue weighted by molar-refractivity contribution is 0.417. The first-order valence-corrected chi connectivity index (χ1v) is 5.05. The molecule has 0 spiro atoms. The normalized spacial score (nSPS) is 9.81. The monoisotopic (exact) mass is 214 g/mol. The molecule has 0 heterocycles. The van der Waals surface area contributed by atoms with Crippen LogP contribution >= 0.6 is 0 Å². The molecule has 0 fully saturated rings. The Bertz CT molecular complexity index is 469. The number of anilines is 3. The molecule has 2 rings (SSSR count). The van der Waals surface area contributed by atoms with E-state index < -0.39 is 0 Å². The van der Waals surface area contributed by atoms with Crippen molar-refractivity contribution in [3.8, 4) is 5.75 Å². The minimum atomic E-state index is 0.628. The summed E-state index contributed by atoms with van der Waals surface area (Å²) < 4.78 is 5.10. The highest BCUT2D eigenvalue weighted by Gasteiger charge is 2.00. The van der Waals surface area contributed by atoms with Crippen molar-refractivity contribution < 1.29 is 4.74 Å². The largest absolute Gasteiger partial charge is 0.495 e. The number of ether oxygens (including phenoxy) is 1. The highest BCUT2D eigenvalue weighted by atomic mass is 16.5. The topological polar surface area (TPSA) is 47.3 Å². The zero-order chi connectivity index (χ0) is 11.4. The quantitative estimate of drug-likeness (QED) is 0.772. The first-order valence-electron chi connectivity index (χ1n) is 5.05. The molecule has 0 aliphatic heterocycles.